The second-order valence-electron chi connectivity index (χ2n) is 12.6. The molecule has 0 spiro atoms. The normalized spacial score (nSPS) is 11.7. The Hall–Kier alpha value is -6.58. The molecule has 0 aliphatic rings. The number of rotatable bonds is 5. The molecule has 0 saturated heterocycles. The van der Waals surface area contributed by atoms with Crippen LogP contribution in [0.2, 0.25) is 0 Å². The summed E-state index contributed by atoms with van der Waals surface area (Å²) in [5.41, 5.74) is 10.9. The monoisotopic (exact) mass is 626 g/mol. The molecule has 2 heterocycles. The molecule has 10 rings (SSSR count). The first-order valence-electron chi connectivity index (χ1n) is 16.7. The molecular weight excluding hydrogens is 597 g/mol. The van der Waals surface area contributed by atoms with E-state index in [1.165, 1.54) is 38.2 Å². The number of furan rings is 1. The molecule has 2 aromatic heterocycles. The highest BCUT2D eigenvalue weighted by atomic mass is 16.3. The highest BCUT2D eigenvalue weighted by Gasteiger charge is 2.20. The van der Waals surface area contributed by atoms with Crippen molar-refractivity contribution in [3.05, 3.63) is 182 Å². The smallest absolute Gasteiger partial charge is 0.135 e. The van der Waals surface area contributed by atoms with E-state index in [4.69, 9.17) is 4.42 Å². The molecule has 0 saturated carbocycles. The van der Waals surface area contributed by atoms with E-state index in [9.17, 15) is 0 Å². The van der Waals surface area contributed by atoms with Gasteiger partial charge in [0.05, 0.1) is 11.0 Å². The zero-order valence-corrected chi connectivity index (χ0v) is 26.6. The molecule has 49 heavy (non-hydrogen) atoms. The summed E-state index contributed by atoms with van der Waals surface area (Å²) in [7, 11) is 0. The Bertz CT molecular complexity index is 2830. The Morgan fingerprint density at radius 1 is 0.388 bits per heavy atom. The fraction of sp³-hybridized carbons (Fsp3) is 0. The molecule has 0 fully saturated rings. The van der Waals surface area contributed by atoms with Crippen LogP contribution in [0.15, 0.2) is 186 Å². The zero-order valence-electron chi connectivity index (χ0n) is 26.6. The van der Waals surface area contributed by atoms with Crippen molar-refractivity contribution in [1.29, 1.82) is 0 Å². The van der Waals surface area contributed by atoms with Crippen LogP contribution in [0.5, 0.6) is 0 Å². The Morgan fingerprint density at radius 3 is 1.92 bits per heavy atom. The summed E-state index contributed by atoms with van der Waals surface area (Å²) in [6, 6.07) is 65.1. The van der Waals surface area contributed by atoms with Crippen LogP contribution in [-0.2, 0) is 0 Å². The summed E-state index contributed by atoms with van der Waals surface area (Å²) >= 11 is 0. The average molecular weight is 627 g/mol. The minimum Gasteiger partial charge on any atom is -0.456 e. The van der Waals surface area contributed by atoms with Gasteiger partial charge in [0.1, 0.15) is 11.2 Å². The molecule has 0 N–H and O–H groups in total. The van der Waals surface area contributed by atoms with Crippen molar-refractivity contribution in [2.75, 3.05) is 4.90 Å². The number of fused-ring (bicyclic) bond motifs is 8. The first kappa shape index (κ1) is 27.5. The number of hydrogen-bond acceptors (Lipinski definition) is 2. The molecule has 3 heteroatoms. The third-order valence-corrected chi connectivity index (χ3v) is 9.74. The Labute approximate surface area is 283 Å². The van der Waals surface area contributed by atoms with Crippen molar-refractivity contribution in [3.8, 4) is 16.8 Å². The van der Waals surface area contributed by atoms with Crippen molar-refractivity contribution < 1.29 is 4.42 Å². The summed E-state index contributed by atoms with van der Waals surface area (Å²) in [6.07, 6.45) is 0. The van der Waals surface area contributed by atoms with Crippen LogP contribution in [0.4, 0.5) is 17.1 Å². The molecule has 0 amide bonds. The van der Waals surface area contributed by atoms with Crippen LogP contribution in [-0.4, -0.2) is 4.57 Å². The van der Waals surface area contributed by atoms with Crippen LogP contribution in [0.1, 0.15) is 0 Å². The fourth-order valence-corrected chi connectivity index (χ4v) is 7.51. The largest absolute Gasteiger partial charge is 0.456 e. The molecule has 3 nitrogen and oxygen atoms in total. The molecule has 0 radical (unpaired) electrons. The average Bonchev–Trinajstić information content (AvgIpc) is 3.71. The van der Waals surface area contributed by atoms with Gasteiger partial charge < -0.3 is 13.9 Å². The Morgan fingerprint density at radius 2 is 1.04 bits per heavy atom. The molecule has 10 aromatic rings. The van der Waals surface area contributed by atoms with E-state index >= 15 is 0 Å². The molecule has 0 bridgehead atoms. The van der Waals surface area contributed by atoms with Gasteiger partial charge in [-0.3, -0.25) is 0 Å². The summed E-state index contributed by atoms with van der Waals surface area (Å²) in [5.74, 6) is 0. The number of aromatic nitrogens is 1. The topological polar surface area (TPSA) is 21.3 Å². The van der Waals surface area contributed by atoms with E-state index in [1.807, 2.05) is 12.1 Å². The minimum absolute atomic E-state index is 0.884. The van der Waals surface area contributed by atoms with Crippen LogP contribution in [0.25, 0.3) is 71.3 Å². The maximum absolute atomic E-state index is 6.24. The van der Waals surface area contributed by atoms with Crippen LogP contribution in [0.3, 0.4) is 0 Å². The second-order valence-corrected chi connectivity index (χ2v) is 12.6. The molecule has 230 valence electrons. The molecule has 0 atom stereocenters. The van der Waals surface area contributed by atoms with Gasteiger partial charge in [-0.15, -0.1) is 0 Å². The number of anilines is 3. The molecule has 0 aliphatic heterocycles. The lowest BCUT2D eigenvalue weighted by Crippen LogP contribution is -2.10. The second kappa shape index (κ2) is 11.0. The van der Waals surface area contributed by atoms with Gasteiger partial charge in [-0.25, -0.2) is 0 Å². The lowest BCUT2D eigenvalue weighted by molar-refractivity contribution is 0.669. The predicted octanol–water partition coefficient (Wildman–Crippen LogP) is 13.0. The van der Waals surface area contributed by atoms with Crippen molar-refractivity contribution in [2.24, 2.45) is 0 Å². The maximum atomic E-state index is 6.24. The van der Waals surface area contributed by atoms with Crippen LogP contribution < -0.4 is 4.90 Å². The van der Waals surface area contributed by atoms with Gasteiger partial charge in [-0.05, 0) is 77.2 Å². The van der Waals surface area contributed by atoms with E-state index in [-0.39, 0.29) is 0 Å². The van der Waals surface area contributed by atoms with Gasteiger partial charge in [0.15, 0.2) is 0 Å². The summed E-state index contributed by atoms with van der Waals surface area (Å²) in [6.45, 7) is 0. The zero-order chi connectivity index (χ0) is 32.3. The maximum Gasteiger partial charge on any atom is 0.135 e. The molecule has 0 unspecified atom stereocenters. The van der Waals surface area contributed by atoms with Crippen molar-refractivity contribution in [1.82, 2.24) is 4.57 Å². The van der Waals surface area contributed by atoms with E-state index < -0.39 is 0 Å². The summed E-state index contributed by atoms with van der Waals surface area (Å²) < 4.78 is 8.68. The first-order chi connectivity index (χ1) is 24.3. The predicted molar refractivity (Wildman–Crippen MR) is 206 cm³/mol. The summed E-state index contributed by atoms with van der Waals surface area (Å²) in [4.78, 5) is 2.37. The number of benzene rings is 8. The number of para-hydroxylation sites is 2. The van der Waals surface area contributed by atoms with Crippen molar-refractivity contribution >= 4 is 71.6 Å². The van der Waals surface area contributed by atoms with Gasteiger partial charge in [0, 0.05) is 49.7 Å². The highest BCUT2D eigenvalue weighted by Crippen LogP contribution is 2.43. The van der Waals surface area contributed by atoms with E-state index in [0.717, 1.165) is 50.2 Å². The molecular formula is C46H30N2O. The van der Waals surface area contributed by atoms with E-state index in [0.29, 0.717) is 0 Å². The Kier molecular flexibility index (Phi) is 6.18. The Balaban J connectivity index is 1.26. The van der Waals surface area contributed by atoms with Gasteiger partial charge in [-0.2, -0.15) is 0 Å². The number of nitrogens with zero attached hydrogens (tertiary/aromatic N) is 2. The summed E-state index contributed by atoms with van der Waals surface area (Å²) in [5, 5.41) is 7.16. The third-order valence-electron chi connectivity index (χ3n) is 9.74. The fourth-order valence-electron chi connectivity index (χ4n) is 7.51. The molecule has 0 aliphatic carbocycles. The van der Waals surface area contributed by atoms with Gasteiger partial charge in [0.2, 0.25) is 0 Å². The van der Waals surface area contributed by atoms with E-state index in [2.05, 4.69) is 179 Å². The van der Waals surface area contributed by atoms with Crippen molar-refractivity contribution in [2.45, 2.75) is 0 Å². The molecule has 8 aromatic carbocycles. The SMILES string of the molecule is c1ccc(-c2cccc(N(c3ccc4oc5ccccc5c4c3)c3ccc4c5ccc6ccccc6c5n(-c5ccccc5)c4c3)c2)cc1. The van der Waals surface area contributed by atoms with Crippen LogP contribution in [0, 0.1) is 0 Å². The first-order valence-corrected chi connectivity index (χ1v) is 16.7. The standard InChI is InChI=1S/C46H30N2O/c1-3-12-31(13-4-1)33-15-11-18-35(28-33)47(36-24-27-45-42(29-36)40-20-9-10-21-44(40)49-45)37-23-26-39-41-25-22-32-14-7-8-19-38(32)46(41)48(43(39)30-37)34-16-5-2-6-17-34/h1-30H. The van der Waals surface area contributed by atoms with Gasteiger partial charge in [0.25, 0.3) is 0 Å². The lowest BCUT2D eigenvalue weighted by Gasteiger charge is -2.26. The van der Waals surface area contributed by atoms with Crippen molar-refractivity contribution in [3.63, 3.8) is 0 Å². The van der Waals surface area contributed by atoms with Gasteiger partial charge in [-0.1, -0.05) is 121 Å². The quantitative estimate of drug-likeness (QED) is 0.190. The third kappa shape index (κ3) is 4.44. The highest BCUT2D eigenvalue weighted by molar-refractivity contribution is 6.19. The number of hydrogen-bond donors (Lipinski definition) is 0. The van der Waals surface area contributed by atoms with E-state index in [1.54, 1.807) is 0 Å². The lowest BCUT2D eigenvalue weighted by atomic mass is 10.0. The van der Waals surface area contributed by atoms with Crippen LogP contribution >= 0.6 is 0 Å². The minimum atomic E-state index is 0.884. The van der Waals surface area contributed by atoms with Gasteiger partial charge >= 0.3 is 0 Å².